The minimum absolute atomic E-state index is 0.198. The van der Waals surface area contributed by atoms with Crippen LogP contribution in [-0.2, 0) is 6.42 Å². The van der Waals surface area contributed by atoms with Crippen LogP contribution in [0.5, 0.6) is 0 Å². The molecule has 2 aliphatic heterocycles. The van der Waals surface area contributed by atoms with Crippen molar-refractivity contribution >= 4 is 11.6 Å². The number of benzene rings is 1. The van der Waals surface area contributed by atoms with Crippen LogP contribution in [0.25, 0.3) is 0 Å². The zero-order valence-corrected chi connectivity index (χ0v) is 15.3. The molecule has 2 heterocycles. The van der Waals surface area contributed by atoms with Gasteiger partial charge in [0.15, 0.2) is 0 Å². The molecule has 4 heteroatoms. The van der Waals surface area contributed by atoms with E-state index in [9.17, 15) is 4.79 Å². The van der Waals surface area contributed by atoms with Gasteiger partial charge in [-0.1, -0.05) is 32.3 Å². The van der Waals surface area contributed by atoms with Crippen molar-refractivity contribution in [1.29, 1.82) is 0 Å². The molecule has 3 rings (SSSR count). The summed E-state index contributed by atoms with van der Waals surface area (Å²) in [5.74, 6) is 0.198. The summed E-state index contributed by atoms with van der Waals surface area (Å²) < 4.78 is 0. The third kappa shape index (κ3) is 3.92. The molecule has 1 saturated heterocycles. The Labute approximate surface area is 146 Å². The van der Waals surface area contributed by atoms with E-state index in [0.717, 1.165) is 51.3 Å². The van der Waals surface area contributed by atoms with Crippen LogP contribution in [0.3, 0.4) is 0 Å². The van der Waals surface area contributed by atoms with Gasteiger partial charge in [-0.3, -0.25) is 4.79 Å². The van der Waals surface area contributed by atoms with Gasteiger partial charge in [-0.15, -0.1) is 0 Å². The predicted octanol–water partition coefficient (Wildman–Crippen LogP) is 3.02. The van der Waals surface area contributed by atoms with Crippen LogP contribution >= 0.6 is 0 Å². The molecule has 132 valence electrons. The number of likely N-dealkylation sites (N-methyl/N-ethyl adjacent to an activating group) is 1. The van der Waals surface area contributed by atoms with Crippen LogP contribution in [-0.4, -0.2) is 62.0 Å². The van der Waals surface area contributed by atoms with Crippen LogP contribution in [0, 0.1) is 0 Å². The molecule has 24 heavy (non-hydrogen) atoms. The highest BCUT2D eigenvalue weighted by Crippen LogP contribution is 2.30. The summed E-state index contributed by atoms with van der Waals surface area (Å²) in [7, 11) is 2.12. The van der Waals surface area contributed by atoms with E-state index in [1.165, 1.54) is 36.9 Å². The van der Waals surface area contributed by atoms with Gasteiger partial charge in [-0.2, -0.15) is 0 Å². The van der Waals surface area contributed by atoms with Gasteiger partial charge in [0.05, 0.1) is 0 Å². The normalized spacial score (nSPS) is 18.1. The quantitative estimate of drug-likeness (QED) is 0.751. The van der Waals surface area contributed by atoms with Crippen molar-refractivity contribution in [1.82, 2.24) is 9.80 Å². The first-order valence-electron chi connectivity index (χ1n) is 9.54. The van der Waals surface area contributed by atoms with Crippen molar-refractivity contribution in [3.8, 4) is 0 Å². The number of rotatable bonds is 6. The molecule has 1 aromatic carbocycles. The summed E-state index contributed by atoms with van der Waals surface area (Å²) in [6.07, 6.45) is 6.28. The predicted molar refractivity (Wildman–Crippen MR) is 99.9 cm³/mol. The monoisotopic (exact) mass is 329 g/mol. The van der Waals surface area contributed by atoms with Gasteiger partial charge < -0.3 is 14.7 Å². The topological polar surface area (TPSA) is 26.8 Å². The number of piperazine rings is 1. The largest absolute Gasteiger partial charge is 0.371 e. The minimum Gasteiger partial charge on any atom is -0.371 e. The standard InChI is InChI=1S/C20H31N3O/c1-3-4-5-6-10-22-11-9-17-7-8-18(16-19(17)22)20(24)23-14-12-21(2)13-15-23/h7-8,16H,3-6,9-15H2,1-2H3. The summed E-state index contributed by atoms with van der Waals surface area (Å²) in [5.41, 5.74) is 3.56. The van der Waals surface area contributed by atoms with Gasteiger partial charge in [-0.05, 0) is 37.6 Å². The molecule has 1 amide bonds. The van der Waals surface area contributed by atoms with Gasteiger partial charge in [0, 0.05) is 50.5 Å². The van der Waals surface area contributed by atoms with Gasteiger partial charge in [0.25, 0.3) is 5.91 Å². The lowest BCUT2D eigenvalue weighted by Gasteiger charge is -2.32. The molecular weight excluding hydrogens is 298 g/mol. The van der Waals surface area contributed by atoms with E-state index in [0.29, 0.717) is 0 Å². The Bertz CT molecular complexity index is 564. The lowest BCUT2D eigenvalue weighted by molar-refractivity contribution is 0.0664. The van der Waals surface area contributed by atoms with Gasteiger partial charge >= 0.3 is 0 Å². The maximum absolute atomic E-state index is 12.8. The Hall–Kier alpha value is -1.55. The highest BCUT2D eigenvalue weighted by molar-refractivity contribution is 5.95. The van der Waals surface area contributed by atoms with Crippen LogP contribution < -0.4 is 4.90 Å². The second kappa shape index (κ2) is 8.02. The van der Waals surface area contributed by atoms with Crippen molar-refractivity contribution < 1.29 is 4.79 Å². The molecule has 0 aliphatic carbocycles. The molecule has 1 fully saturated rings. The Morgan fingerprint density at radius 3 is 2.58 bits per heavy atom. The molecule has 0 spiro atoms. The molecule has 0 unspecified atom stereocenters. The number of carbonyl (C=O) groups is 1. The second-order valence-corrected chi connectivity index (χ2v) is 7.24. The average Bonchev–Trinajstić information content (AvgIpc) is 3.01. The number of anilines is 1. The van der Waals surface area contributed by atoms with E-state index in [1.54, 1.807) is 0 Å². The summed E-state index contributed by atoms with van der Waals surface area (Å²) in [6.45, 7) is 8.11. The Morgan fingerprint density at radius 1 is 1.04 bits per heavy atom. The number of amides is 1. The van der Waals surface area contributed by atoms with E-state index < -0.39 is 0 Å². The average molecular weight is 329 g/mol. The molecule has 0 saturated carbocycles. The van der Waals surface area contributed by atoms with E-state index in [-0.39, 0.29) is 5.91 Å². The van der Waals surface area contributed by atoms with E-state index in [1.807, 2.05) is 11.0 Å². The van der Waals surface area contributed by atoms with Crippen molar-refractivity contribution in [3.63, 3.8) is 0 Å². The number of carbonyl (C=O) groups excluding carboxylic acids is 1. The maximum Gasteiger partial charge on any atom is 0.254 e. The van der Waals surface area contributed by atoms with E-state index in [4.69, 9.17) is 0 Å². The van der Waals surface area contributed by atoms with Gasteiger partial charge in [0.1, 0.15) is 0 Å². The van der Waals surface area contributed by atoms with Crippen molar-refractivity contribution in [3.05, 3.63) is 29.3 Å². The first kappa shape index (κ1) is 17.3. The molecule has 0 atom stereocenters. The number of fused-ring (bicyclic) bond motifs is 1. The number of unbranched alkanes of at least 4 members (excludes halogenated alkanes) is 3. The fourth-order valence-corrected chi connectivity index (χ4v) is 3.73. The maximum atomic E-state index is 12.8. The smallest absolute Gasteiger partial charge is 0.254 e. The fourth-order valence-electron chi connectivity index (χ4n) is 3.73. The summed E-state index contributed by atoms with van der Waals surface area (Å²) in [5, 5.41) is 0. The Kier molecular flexibility index (Phi) is 5.77. The van der Waals surface area contributed by atoms with Crippen molar-refractivity contribution in [2.24, 2.45) is 0 Å². The molecule has 0 bridgehead atoms. The molecule has 0 aromatic heterocycles. The number of hydrogen-bond acceptors (Lipinski definition) is 3. The highest BCUT2D eigenvalue weighted by atomic mass is 16.2. The molecule has 1 aromatic rings. The molecule has 4 nitrogen and oxygen atoms in total. The van der Waals surface area contributed by atoms with Crippen molar-refractivity contribution in [2.75, 3.05) is 51.2 Å². The molecule has 0 radical (unpaired) electrons. The van der Waals surface area contributed by atoms with Gasteiger partial charge in [0.2, 0.25) is 0 Å². The Balaban J connectivity index is 1.65. The zero-order valence-electron chi connectivity index (χ0n) is 15.3. The van der Waals surface area contributed by atoms with E-state index in [2.05, 4.69) is 35.9 Å². The summed E-state index contributed by atoms with van der Waals surface area (Å²) >= 11 is 0. The fraction of sp³-hybridized carbons (Fsp3) is 0.650. The highest BCUT2D eigenvalue weighted by Gasteiger charge is 2.24. The second-order valence-electron chi connectivity index (χ2n) is 7.24. The van der Waals surface area contributed by atoms with Crippen molar-refractivity contribution in [2.45, 2.75) is 39.0 Å². The third-order valence-electron chi connectivity index (χ3n) is 5.40. The van der Waals surface area contributed by atoms with E-state index >= 15 is 0 Å². The van der Waals surface area contributed by atoms with Gasteiger partial charge in [-0.25, -0.2) is 0 Å². The SMILES string of the molecule is CCCCCCN1CCc2ccc(C(=O)N3CCN(C)CC3)cc21. The zero-order chi connectivity index (χ0) is 16.9. The lowest BCUT2D eigenvalue weighted by Crippen LogP contribution is -2.47. The number of hydrogen-bond donors (Lipinski definition) is 0. The third-order valence-corrected chi connectivity index (χ3v) is 5.40. The van der Waals surface area contributed by atoms with Crippen LogP contribution in [0.4, 0.5) is 5.69 Å². The number of nitrogens with zero attached hydrogens (tertiary/aromatic N) is 3. The van der Waals surface area contributed by atoms with Crippen LogP contribution in [0.15, 0.2) is 18.2 Å². The van der Waals surface area contributed by atoms with Crippen LogP contribution in [0.2, 0.25) is 0 Å². The molecule has 2 aliphatic rings. The molecule has 0 N–H and O–H groups in total. The molecular formula is C20H31N3O. The Morgan fingerprint density at radius 2 is 1.83 bits per heavy atom. The summed E-state index contributed by atoms with van der Waals surface area (Å²) in [6, 6.07) is 6.34. The summed E-state index contributed by atoms with van der Waals surface area (Å²) in [4.78, 5) is 19.6. The first-order chi connectivity index (χ1) is 11.7. The lowest BCUT2D eigenvalue weighted by atomic mass is 10.1. The minimum atomic E-state index is 0.198. The first-order valence-corrected chi connectivity index (χ1v) is 9.54. The van der Waals surface area contributed by atoms with Crippen LogP contribution in [0.1, 0.15) is 48.5 Å².